The molecule has 1 saturated carbocycles. The van der Waals surface area contributed by atoms with Crippen molar-refractivity contribution >= 4 is 21.8 Å². The third kappa shape index (κ3) is 4.06. The minimum absolute atomic E-state index is 0.0582. The zero-order chi connectivity index (χ0) is 14.5. The van der Waals surface area contributed by atoms with Crippen LogP contribution in [0, 0.1) is 11.8 Å². The maximum atomic E-state index is 12.3. The van der Waals surface area contributed by atoms with Gasteiger partial charge in [-0.15, -0.1) is 0 Å². The third-order valence-corrected chi connectivity index (χ3v) is 4.81. The van der Waals surface area contributed by atoms with Gasteiger partial charge in [0.25, 0.3) is 0 Å². The molecule has 1 amide bonds. The number of benzene rings is 1. The number of nitrogens with one attached hydrogen (secondary N) is 1. The van der Waals surface area contributed by atoms with E-state index in [0.717, 1.165) is 42.3 Å². The van der Waals surface area contributed by atoms with Gasteiger partial charge in [0.2, 0.25) is 5.91 Å². The Morgan fingerprint density at radius 3 is 2.45 bits per heavy atom. The minimum atomic E-state index is 0.0582. The number of halogens is 1. The van der Waals surface area contributed by atoms with Crippen LogP contribution in [0.25, 0.3) is 0 Å². The molecule has 1 aliphatic rings. The van der Waals surface area contributed by atoms with Gasteiger partial charge < -0.3 is 11.1 Å². The molecule has 0 spiro atoms. The Balaban J connectivity index is 1.86. The molecule has 4 heteroatoms. The van der Waals surface area contributed by atoms with Crippen LogP contribution in [-0.4, -0.2) is 12.5 Å². The van der Waals surface area contributed by atoms with Crippen LogP contribution in [0.15, 0.2) is 28.7 Å². The Morgan fingerprint density at radius 2 is 1.90 bits per heavy atom. The van der Waals surface area contributed by atoms with Gasteiger partial charge in [-0.2, -0.15) is 0 Å². The molecule has 1 aliphatic carbocycles. The van der Waals surface area contributed by atoms with Gasteiger partial charge >= 0.3 is 0 Å². The smallest absolute Gasteiger partial charge is 0.223 e. The molecule has 1 aromatic rings. The van der Waals surface area contributed by atoms with Gasteiger partial charge in [-0.1, -0.05) is 28.1 Å². The normalized spacial score (nSPS) is 24.1. The fourth-order valence-corrected chi connectivity index (χ4v) is 3.09. The predicted octanol–water partition coefficient (Wildman–Crippen LogP) is 3.39. The summed E-state index contributed by atoms with van der Waals surface area (Å²) in [5.74, 6) is 0.967. The standard InChI is InChI=1S/C16H23BrN2O/c1-11(13-6-8-15(17)9-7-13)19-16(20)14-4-2-12(10-18)3-5-14/h6-9,11-12,14H,2-5,10,18H2,1H3,(H,19,20)/t11-,12?,14?/m1/s1. The lowest BCUT2D eigenvalue weighted by Gasteiger charge is -2.28. The third-order valence-electron chi connectivity index (χ3n) is 4.28. The molecule has 110 valence electrons. The number of carbonyl (C=O) groups excluding carboxylic acids is 1. The molecular weight excluding hydrogens is 316 g/mol. The second-order valence-corrected chi connectivity index (χ2v) is 6.65. The van der Waals surface area contributed by atoms with Crippen molar-refractivity contribution < 1.29 is 4.79 Å². The monoisotopic (exact) mass is 338 g/mol. The lowest BCUT2D eigenvalue weighted by Crippen LogP contribution is -2.35. The summed E-state index contributed by atoms with van der Waals surface area (Å²) in [6, 6.07) is 8.15. The molecule has 2 rings (SSSR count). The summed E-state index contributed by atoms with van der Waals surface area (Å²) in [4.78, 5) is 12.3. The molecule has 0 heterocycles. The van der Waals surface area contributed by atoms with Crippen LogP contribution in [0.2, 0.25) is 0 Å². The Morgan fingerprint density at radius 1 is 1.30 bits per heavy atom. The molecule has 0 radical (unpaired) electrons. The quantitative estimate of drug-likeness (QED) is 0.883. The fourth-order valence-electron chi connectivity index (χ4n) is 2.83. The summed E-state index contributed by atoms with van der Waals surface area (Å²) in [5, 5.41) is 3.13. The summed E-state index contributed by atoms with van der Waals surface area (Å²) in [6.45, 7) is 2.79. The molecule has 1 fully saturated rings. The zero-order valence-electron chi connectivity index (χ0n) is 11.9. The van der Waals surface area contributed by atoms with Crippen molar-refractivity contribution in [1.29, 1.82) is 0 Å². The molecule has 1 atom stereocenters. The number of hydrogen-bond acceptors (Lipinski definition) is 2. The van der Waals surface area contributed by atoms with Crippen molar-refractivity contribution in [3.05, 3.63) is 34.3 Å². The van der Waals surface area contributed by atoms with E-state index in [0.29, 0.717) is 5.92 Å². The summed E-state index contributed by atoms with van der Waals surface area (Å²) < 4.78 is 1.06. The van der Waals surface area contributed by atoms with E-state index in [4.69, 9.17) is 5.73 Å². The van der Waals surface area contributed by atoms with E-state index in [2.05, 4.69) is 21.2 Å². The first kappa shape index (κ1) is 15.5. The zero-order valence-corrected chi connectivity index (χ0v) is 13.5. The molecule has 0 unspecified atom stereocenters. The molecule has 0 aliphatic heterocycles. The number of nitrogens with two attached hydrogens (primary N) is 1. The minimum Gasteiger partial charge on any atom is -0.349 e. The second-order valence-electron chi connectivity index (χ2n) is 5.74. The average Bonchev–Trinajstić information content (AvgIpc) is 2.48. The van der Waals surface area contributed by atoms with Crippen molar-refractivity contribution in [1.82, 2.24) is 5.32 Å². The molecule has 0 bridgehead atoms. The van der Waals surface area contributed by atoms with Crippen molar-refractivity contribution in [2.45, 2.75) is 38.6 Å². The van der Waals surface area contributed by atoms with Gasteiger partial charge in [-0.25, -0.2) is 0 Å². The molecule has 3 nitrogen and oxygen atoms in total. The lowest BCUT2D eigenvalue weighted by atomic mass is 9.81. The van der Waals surface area contributed by atoms with Crippen LogP contribution in [0.5, 0.6) is 0 Å². The number of rotatable bonds is 4. The Hall–Kier alpha value is -0.870. The van der Waals surface area contributed by atoms with Gasteiger partial charge in [-0.3, -0.25) is 4.79 Å². The van der Waals surface area contributed by atoms with Crippen molar-refractivity contribution in [2.75, 3.05) is 6.54 Å². The number of carbonyl (C=O) groups is 1. The fraction of sp³-hybridized carbons (Fsp3) is 0.562. The molecule has 1 aromatic carbocycles. The Bertz CT molecular complexity index is 438. The molecule has 0 aromatic heterocycles. The Kier molecular flexibility index (Phi) is 5.61. The number of hydrogen-bond donors (Lipinski definition) is 2. The largest absolute Gasteiger partial charge is 0.349 e. The van der Waals surface area contributed by atoms with Gasteiger partial charge in [0.1, 0.15) is 0 Å². The van der Waals surface area contributed by atoms with Crippen LogP contribution < -0.4 is 11.1 Å². The molecule has 20 heavy (non-hydrogen) atoms. The molecule has 3 N–H and O–H groups in total. The van der Waals surface area contributed by atoms with Crippen LogP contribution in [0.1, 0.15) is 44.2 Å². The van der Waals surface area contributed by atoms with E-state index in [9.17, 15) is 4.79 Å². The first-order valence-corrected chi connectivity index (χ1v) is 8.15. The van der Waals surface area contributed by atoms with Crippen molar-refractivity contribution in [3.63, 3.8) is 0 Å². The summed E-state index contributed by atoms with van der Waals surface area (Å²) in [7, 11) is 0. The predicted molar refractivity (Wildman–Crippen MR) is 85.2 cm³/mol. The number of amides is 1. The van der Waals surface area contributed by atoms with E-state index >= 15 is 0 Å². The lowest BCUT2D eigenvalue weighted by molar-refractivity contribution is -0.126. The second kappa shape index (κ2) is 7.23. The van der Waals surface area contributed by atoms with Crippen LogP contribution >= 0.6 is 15.9 Å². The average molecular weight is 339 g/mol. The van der Waals surface area contributed by atoms with Crippen LogP contribution in [-0.2, 0) is 4.79 Å². The summed E-state index contributed by atoms with van der Waals surface area (Å²) in [5.41, 5.74) is 6.83. The highest BCUT2D eigenvalue weighted by Crippen LogP contribution is 2.28. The van der Waals surface area contributed by atoms with Gasteiger partial charge in [0.05, 0.1) is 6.04 Å². The highest BCUT2D eigenvalue weighted by atomic mass is 79.9. The Labute approximate surface area is 129 Å². The highest BCUT2D eigenvalue weighted by molar-refractivity contribution is 9.10. The van der Waals surface area contributed by atoms with Crippen LogP contribution in [0.4, 0.5) is 0 Å². The van der Waals surface area contributed by atoms with Crippen molar-refractivity contribution in [2.24, 2.45) is 17.6 Å². The maximum absolute atomic E-state index is 12.3. The SMILES string of the molecule is C[C@@H](NC(=O)C1CCC(CN)CC1)c1ccc(Br)cc1. The first-order valence-electron chi connectivity index (χ1n) is 7.36. The van der Waals surface area contributed by atoms with E-state index in [1.807, 2.05) is 31.2 Å². The van der Waals surface area contributed by atoms with E-state index in [-0.39, 0.29) is 17.9 Å². The van der Waals surface area contributed by atoms with Crippen LogP contribution in [0.3, 0.4) is 0 Å². The van der Waals surface area contributed by atoms with Gasteiger partial charge in [0.15, 0.2) is 0 Å². The van der Waals surface area contributed by atoms with Gasteiger partial charge in [0, 0.05) is 10.4 Å². The summed E-state index contributed by atoms with van der Waals surface area (Å²) >= 11 is 3.42. The topological polar surface area (TPSA) is 55.1 Å². The summed E-state index contributed by atoms with van der Waals surface area (Å²) in [6.07, 6.45) is 4.12. The van der Waals surface area contributed by atoms with Gasteiger partial charge in [-0.05, 0) is 62.8 Å². The van der Waals surface area contributed by atoms with E-state index in [1.165, 1.54) is 0 Å². The molecule has 0 saturated heterocycles. The highest BCUT2D eigenvalue weighted by Gasteiger charge is 2.26. The van der Waals surface area contributed by atoms with Crippen molar-refractivity contribution in [3.8, 4) is 0 Å². The van der Waals surface area contributed by atoms with E-state index in [1.54, 1.807) is 0 Å². The first-order chi connectivity index (χ1) is 9.60. The van der Waals surface area contributed by atoms with E-state index < -0.39 is 0 Å². The maximum Gasteiger partial charge on any atom is 0.223 e. The molecular formula is C16H23BrN2O.